The Morgan fingerprint density at radius 3 is 2.81 bits per heavy atom. The third-order valence-corrected chi connectivity index (χ3v) is 6.57. The van der Waals surface area contributed by atoms with Crippen molar-refractivity contribution in [3.63, 3.8) is 0 Å². The minimum Gasteiger partial charge on any atom is -0.333 e. The van der Waals surface area contributed by atoms with E-state index in [9.17, 15) is 18.5 Å². The Kier molecular flexibility index (Phi) is 4.19. The van der Waals surface area contributed by atoms with Crippen molar-refractivity contribution in [2.45, 2.75) is 30.6 Å². The zero-order valence-corrected chi connectivity index (χ0v) is 15.7. The molecule has 1 aliphatic rings. The van der Waals surface area contributed by atoms with Gasteiger partial charge in [0.1, 0.15) is 4.88 Å². The van der Waals surface area contributed by atoms with E-state index in [2.05, 4.69) is 14.9 Å². The number of nitro groups is 1. The molecule has 0 aliphatic heterocycles. The SMILES string of the molecule is Cc1ccc([N+](=O)[O-])cc1S(=O)(=O)Nc1ccsc1-c1nc(C2CC2)no1. The summed E-state index contributed by atoms with van der Waals surface area (Å²) in [6.45, 7) is 1.58. The molecule has 2 heterocycles. The molecule has 1 N–H and O–H groups in total. The van der Waals surface area contributed by atoms with Gasteiger partial charge in [-0.3, -0.25) is 14.8 Å². The maximum absolute atomic E-state index is 12.8. The van der Waals surface area contributed by atoms with Crippen LogP contribution >= 0.6 is 11.3 Å². The average molecular weight is 406 g/mol. The summed E-state index contributed by atoms with van der Waals surface area (Å²) in [7, 11) is -4.04. The van der Waals surface area contributed by atoms with Gasteiger partial charge in [0.25, 0.3) is 21.6 Å². The van der Waals surface area contributed by atoms with E-state index in [0.717, 1.165) is 18.9 Å². The van der Waals surface area contributed by atoms with Crippen LogP contribution in [0.25, 0.3) is 10.8 Å². The molecule has 140 valence electrons. The summed E-state index contributed by atoms with van der Waals surface area (Å²) in [6, 6.07) is 5.30. The standard InChI is InChI=1S/C16H14N4O5S2/c1-9-2-5-11(20(21)22)8-13(9)27(23,24)19-12-6-7-26-14(12)16-17-15(18-25-16)10-3-4-10/h2,5-8,10,19H,3-4H2,1H3. The predicted molar refractivity (Wildman–Crippen MR) is 98.2 cm³/mol. The van der Waals surface area contributed by atoms with Crippen LogP contribution in [0.1, 0.15) is 30.1 Å². The van der Waals surface area contributed by atoms with Crippen molar-refractivity contribution in [3.05, 3.63) is 51.1 Å². The molecular weight excluding hydrogens is 392 g/mol. The summed E-state index contributed by atoms with van der Waals surface area (Å²) in [4.78, 5) is 15.0. The normalized spacial score (nSPS) is 14.3. The Morgan fingerprint density at radius 2 is 2.11 bits per heavy atom. The maximum Gasteiger partial charge on any atom is 0.270 e. The second-order valence-corrected chi connectivity index (χ2v) is 8.77. The molecule has 0 atom stereocenters. The number of nitrogens with zero attached hydrogens (tertiary/aromatic N) is 3. The number of rotatable bonds is 6. The first kappa shape index (κ1) is 17.6. The van der Waals surface area contributed by atoms with Crippen molar-refractivity contribution in [1.82, 2.24) is 10.1 Å². The van der Waals surface area contributed by atoms with Gasteiger partial charge in [0, 0.05) is 18.1 Å². The van der Waals surface area contributed by atoms with Crippen LogP contribution in [-0.2, 0) is 10.0 Å². The topological polar surface area (TPSA) is 128 Å². The Hall–Kier alpha value is -2.79. The van der Waals surface area contributed by atoms with Gasteiger partial charge in [0.15, 0.2) is 5.82 Å². The fraction of sp³-hybridized carbons (Fsp3) is 0.250. The van der Waals surface area contributed by atoms with E-state index in [-0.39, 0.29) is 22.2 Å². The highest BCUT2D eigenvalue weighted by Crippen LogP contribution is 2.40. The molecule has 0 saturated heterocycles. The number of hydrogen-bond acceptors (Lipinski definition) is 8. The van der Waals surface area contributed by atoms with E-state index >= 15 is 0 Å². The highest BCUT2D eigenvalue weighted by Gasteiger charge is 2.30. The van der Waals surface area contributed by atoms with Crippen molar-refractivity contribution in [2.24, 2.45) is 0 Å². The van der Waals surface area contributed by atoms with Crippen LogP contribution in [0.15, 0.2) is 39.1 Å². The molecule has 9 nitrogen and oxygen atoms in total. The van der Waals surface area contributed by atoms with E-state index in [1.54, 1.807) is 18.4 Å². The van der Waals surface area contributed by atoms with Crippen molar-refractivity contribution < 1.29 is 17.9 Å². The fourth-order valence-corrected chi connectivity index (χ4v) is 4.75. The summed E-state index contributed by atoms with van der Waals surface area (Å²) in [6.07, 6.45) is 2.05. The number of aryl methyl sites for hydroxylation is 1. The number of thiophene rings is 1. The third-order valence-electron chi connectivity index (χ3n) is 4.16. The van der Waals surface area contributed by atoms with Crippen LogP contribution < -0.4 is 4.72 Å². The number of aromatic nitrogens is 2. The smallest absolute Gasteiger partial charge is 0.270 e. The number of anilines is 1. The molecule has 4 rings (SSSR count). The predicted octanol–water partition coefficient (Wildman–Crippen LogP) is 3.69. The van der Waals surface area contributed by atoms with Crippen molar-refractivity contribution in [2.75, 3.05) is 4.72 Å². The van der Waals surface area contributed by atoms with E-state index < -0.39 is 14.9 Å². The van der Waals surface area contributed by atoms with Crippen LogP contribution in [0.3, 0.4) is 0 Å². The molecule has 27 heavy (non-hydrogen) atoms. The molecule has 1 aliphatic carbocycles. The molecule has 0 bridgehead atoms. The second kappa shape index (κ2) is 6.43. The summed E-state index contributed by atoms with van der Waals surface area (Å²) < 4.78 is 33.4. The second-order valence-electron chi connectivity index (χ2n) is 6.21. The Bertz CT molecular complexity index is 1130. The van der Waals surface area contributed by atoms with E-state index in [1.165, 1.54) is 23.5 Å². The molecule has 11 heteroatoms. The largest absolute Gasteiger partial charge is 0.333 e. The van der Waals surface area contributed by atoms with Gasteiger partial charge in [-0.2, -0.15) is 4.98 Å². The van der Waals surface area contributed by atoms with Gasteiger partial charge in [-0.25, -0.2) is 8.42 Å². The van der Waals surface area contributed by atoms with Crippen LogP contribution in [0.2, 0.25) is 0 Å². The number of nitrogens with one attached hydrogen (secondary N) is 1. The van der Waals surface area contributed by atoms with E-state index in [1.807, 2.05) is 0 Å². The number of non-ortho nitro benzene ring substituents is 1. The van der Waals surface area contributed by atoms with Crippen LogP contribution in [0.5, 0.6) is 0 Å². The average Bonchev–Trinajstić information content (AvgIpc) is 3.17. The number of benzene rings is 1. The quantitative estimate of drug-likeness (QED) is 0.488. The number of sulfonamides is 1. The van der Waals surface area contributed by atoms with Gasteiger partial charge in [-0.15, -0.1) is 11.3 Å². The van der Waals surface area contributed by atoms with Gasteiger partial charge in [-0.1, -0.05) is 11.2 Å². The van der Waals surface area contributed by atoms with Crippen molar-refractivity contribution in [1.29, 1.82) is 0 Å². The molecule has 2 aromatic heterocycles. The summed E-state index contributed by atoms with van der Waals surface area (Å²) in [5.74, 6) is 1.19. The molecule has 0 spiro atoms. The monoisotopic (exact) mass is 406 g/mol. The Morgan fingerprint density at radius 1 is 1.33 bits per heavy atom. The van der Waals surface area contributed by atoms with Crippen LogP contribution in [0, 0.1) is 17.0 Å². The van der Waals surface area contributed by atoms with Gasteiger partial charge in [-0.05, 0) is 36.8 Å². The van der Waals surface area contributed by atoms with Gasteiger partial charge >= 0.3 is 0 Å². The number of nitro benzene ring substituents is 1. The first-order valence-corrected chi connectivity index (χ1v) is 10.4. The molecule has 0 unspecified atom stereocenters. The van der Waals surface area contributed by atoms with E-state index in [4.69, 9.17) is 4.52 Å². The molecular formula is C16H14N4O5S2. The first-order chi connectivity index (χ1) is 12.8. The molecule has 1 saturated carbocycles. The zero-order chi connectivity index (χ0) is 19.2. The summed E-state index contributed by atoms with van der Waals surface area (Å²) in [5, 5.41) is 16.6. The minimum atomic E-state index is -4.04. The maximum atomic E-state index is 12.8. The molecule has 1 fully saturated rings. The first-order valence-electron chi connectivity index (χ1n) is 8.04. The Balaban J connectivity index is 1.67. The van der Waals surface area contributed by atoms with Crippen LogP contribution in [0.4, 0.5) is 11.4 Å². The lowest BCUT2D eigenvalue weighted by atomic mass is 10.2. The third kappa shape index (κ3) is 3.43. The highest BCUT2D eigenvalue weighted by atomic mass is 32.2. The minimum absolute atomic E-state index is 0.155. The number of hydrogen-bond donors (Lipinski definition) is 1. The van der Waals surface area contributed by atoms with Gasteiger partial charge in [0.2, 0.25) is 0 Å². The molecule has 1 aromatic carbocycles. The lowest BCUT2D eigenvalue weighted by Gasteiger charge is -2.10. The highest BCUT2D eigenvalue weighted by molar-refractivity contribution is 7.92. The molecule has 0 radical (unpaired) electrons. The summed E-state index contributed by atoms with van der Waals surface area (Å²) in [5.41, 5.74) is 0.396. The fourth-order valence-electron chi connectivity index (χ4n) is 2.58. The van der Waals surface area contributed by atoms with Crippen molar-refractivity contribution >= 4 is 32.7 Å². The van der Waals surface area contributed by atoms with Gasteiger partial charge < -0.3 is 4.52 Å². The zero-order valence-electron chi connectivity index (χ0n) is 14.1. The van der Waals surface area contributed by atoms with E-state index in [0.29, 0.717) is 22.2 Å². The molecule has 0 amide bonds. The molecule has 3 aromatic rings. The van der Waals surface area contributed by atoms with Gasteiger partial charge in [0.05, 0.1) is 15.5 Å². The van der Waals surface area contributed by atoms with Crippen molar-refractivity contribution in [3.8, 4) is 10.8 Å². The summed E-state index contributed by atoms with van der Waals surface area (Å²) >= 11 is 1.26. The lowest BCUT2D eigenvalue weighted by Crippen LogP contribution is -2.14. The van der Waals surface area contributed by atoms with Crippen LogP contribution in [-0.4, -0.2) is 23.5 Å². The Labute approximate surface area is 158 Å². The lowest BCUT2D eigenvalue weighted by molar-refractivity contribution is -0.385.